The van der Waals surface area contributed by atoms with Gasteiger partial charge >= 0.3 is 12.1 Å². The van der Waals surface area contributed by atoms with E-state index in [4.69, 9.17) is 9.47 Å². The van der Waals surface area contributed by atoms with Crippen molar-refractivity contribution in [3.63, 3.8) is 0 Å². The topological polar surface area (TPSA) is 35.5 Å². The van der Waals surface area contributed by atoms with E-state index in [2.05, 4.69) is 6.92 Å². The summed E-state index contributed by atoms with van der Waals surface area (Å²) in [7, 11) is 0. The summed E-state index contributed by atoms with van der Waals surface area (Å²) in [5.74, 6) is 0.0497. The molecule has 6 heteroatoms. The van der Waals surface area contributed by atoms with Crippen molar-refractivity contribution in [2.75, 3.05) is 13.2 Å². The highest BCUT2D eigenvalue weighted by atomic mass is 19.4. The van der Waals surface area contributed by atoms with Crippen molar-refractivity contribution in [2.24, 2.45) is 0 Å². The molecular formula is C28H35F3O3. The maximum Gasteiger partial charge on any atom is 0.416 e. The highest BCUT2D eigenvalue weighted by molar-refractivity contribution is 6.21. The zero-order chi connectivity index (χ0) is 24.8. The van der Waals surface area contributed by atoms with E-state index >= 15 is 0 Å². The highest BCUT2D eigenvalue weighted by Crippen LogP contribution is 2.32. The molecule has 0 unspecified atom stereocenters. The molecule has 34 heavy (non-hydrogen) atoms. The first-order chi connectivity index (χ1) is 16.3. The molecule has 0 aliphatic heterocycles. The van der Waals surface area contributed by atoms with Crippen LogP contribution in [0.4, 0.5) is 13.2 Å². The Balaban J connectivity index is 1.99. The Hall–Kier alpha value is -2.76. The smallest absolute Gasteiger partial charge is 0.416 e. The van der Waals surface area contributed by atoms with E-state index in [1.807, 2.05) is 0 Å². The Morgan fingerprint density at radius 3 is 2.15 bits per heavy atom. The maximum atomic E-state index is 13.1. The van der Waals surface area contributed by atoms with Crippen LogP contribution in [0.1, 0.15) is 81.9 Å². The van der Waals surface area contributed by atoms with Gasteiger partial charge in [0.05, 0.1) is 24.4 Å². The first kappa shape index (κ1) is 27.5. The molecule has 0 N–H and O–H groups in total. The number of carbonyl (C=O) groups is 1. The van der Waals surface area contributed by atoms with Crippen LogP contribution < -0.4 is 4.74 Å². The van der Waals surface area contributed by atoms with Gasteiger partial charge in [-0.1, -0.05) is 76.1 Å². The van der Waals surface area contributed by atoms with Crippen molar-refractivity contribution in [1.29, 1.82) is 0 Å². The van der Waals surface area contributed by atoms with E-state index in [1.54, 1.807) is 31.2 Å². The van der Waals surface area contributed by atoms with Gasteiger partial charge in [0.2, 0.25) is 0 Å². The summed E-state index contributed by atoms with van der Waals surface area (Å²) in [5.41, 5.74) is 0.0775. The van der Waals surface area contributed by atoms with Crippen LogP contribution in [0.2, 0.25) is 0 Å². The largest absolute Gasteiger partial charge is 0.494 e. The Morgan fingerprint density at radius 2 is 1.53 bits per heavy atom. The van der Waals surface area contributed by atoms with Gasteiger partial charge in [0, 0.05) is 0 Å². The number of halogens is 3. The summed E-state index contributed by atoms with van der Waals surface area (Å²) in [6.45, 7) is 4.64. The van der Waals surface area contributed by atoms with Crippen LogP contribution in [0, 0.1) is 0 Å². The molecule has 0 aromatic heterocycles. The summed E-state index contributed by atoms with van der Waals surface area (Å²) < 4.78 is 50.3. The summed E-state index contributed by atoms with van der Waals surface area (Å²) in [4.78, 5) is 12.5. The van der Waals surface area contributed by atoms with Crippen molar-refractivity contribution in [1.82, 2.24) is 0 Å². The van der Waals surface area contributed by atoms with Gasteiger partial charge in [-0.05, 0) is 54.8 Å². The van der Waals surface area contributed by atoms with Gasteiger partial charge in [0.1, 0.15) is 5.75 Å². The van der Waals surface area contributed by atoms with Crippen LogP contribution >= 0.6 is 0 Å². The Morgan fingerprint density at radius 1 is 0.882 bits per heavy atom. The molecule has 0 fully saturated rings. The van der Waals surface area contributed by atoms with E-state index in [0.29, 0.717) is 12.2 Å². The quantitative estimate of drug-likeness (QED) is 0.119. The van der Waals surface area contributed by atoms with Crippen molar-refractivity contribution in [3.8, 4) is 5.75 Å². The second kappa shape index (κ2) is 14.5. The minimum absolute atomic E-state index is 0.0700. The number of hydrogen-bond donors (Lipinski definition) is 0. The van der Waals surface area contributed by atoms with E-state index in [0.717, 1.165) is 30.7 Å². The molecule has 0 aliphatic rings. The van der Waals surface area contributed by atoms with Gasteiger partial charge in [-0.3, -0.25) is 0 Å². The van der Waals surface area contributed by atoms with Gasteiger partial charge in [0.15, 0.2) is 0 Å². The summed E-state index contributed by atoms with van der Waals surface area (Å²) in [6, 6.07) is 11.8. The van der Waals surface area contributed by atoms with Crippen LogP contribution in [0.25, 0.3) is 11.6 Å². The van der Waals surface area contributed by atoms with Gasteiger partial charge in [0.25, 0.3) is 0 Å². The van der Waals surface area contributed by atoms with Crippen LogP contribution in [-0.2, 0) is 15.7 Å². The fourth-order valence-electron chi connectivity index (χ4n) is 3.58. The first-order valence-corrected chi connectivity index (χ1v) is 12.1. The average molecular weight is 477 g/mol. The number of carbonyl (C=O) groups excluding carboxylic acids is 1. The normalized spacial score (nSPS) is 12.0. The van der Waals surface area contributed by atoms with Crippen LogP contribution in [0.5, 0.6) is 5.75 Å². The molecule has 2 aromatic carbocycles. The lowest BCUT2D eigenvalue weighted by molar-refractivity contribution is -0.138. The molecule has 0 radical (unpaired) electrons. The molecule has 0 saturated heterocycles. The maximum absolute atomic E-state index is 13.1. The third kappa shape index (κ3) is 9.62. The SMILES string of the molecule is CCCCCCCCCCOc1ccc(C=C(C(=O)OCC)c2cccc(C(F)(F)F)c2)cc1. The van der Waals surface area contributed by atoms with E-state index in [9.17, 15) is 18.0 Å². The summed E-state index contributed by atoms with van der Waals surface area (Å²) in [5, 5.41) is 0. The fraction of sp³-hybridized carbons (Fsp3) is 0.464. The van der Waals surface area contributed by atoms with E-state index in [1.165, 1.54) is 56.7 Å². The highest BCUT2D eigenvalue weighted by Gasteiger charge is 2.31. The molecule has 2 rings (SSSR count). The second-order valence-electron chi connectivity index (χ2n) is 8.25. The van der Waals surface area contributed by atoms with Crippen molar-refractivity contribution in [2.45, 2.75) is 71.4 Å². The lowest BCUT2D eigenvalue weighted by Crippen LogP contribution is -2.09. The van der Waals surface area contributed by atoms with Crippen LogP contribution in [0.15, 0.2) is 48.5 Å². The lowest BCUT2D eigenvalue weighted by Gasteiger charge is -2.11. The van der Waals surface area contributed by atoms with Crippen LogP contribution in [-0.4, -0.2) is 19.2 Å². The van der Waals surface area contributed by atoms with Crippen molar-refractivity contribution >= 4 is 17.6 Å². The minimum atomic E-state index is -4.50. The molecule has 0 saturated carbocycles. The Labute approximate surface area is 201 Å². The monoisotopic (exact) mass is 476 g/mol. The number of hydrogen-bond acceptors (Lipinski definition) is 3. The van der Waals surface area contributed by atoms with Gasteiger partial charge in [-0.15, -0.1) is 0 Å². The molecule has 3 nitrogen and oxygen atoms in total. The van der Waals surface area contributed by atoms with Crippen LogP contribution in [0.3, 0.4) is 0 Å². The number of benzene rings is 2. The van der Waals surface area contributed by atoms with Crippen molar-refractivity contribution < 1.29 is 27.4 Å². The number of alkyl halides is 3. The standard InChI is InChI=1S/C28H35F3O3/c1-3-5-6-7-8-9-10-11-19-34-25-17-15-22(16-18-25)20-26(27(32)33-4-2)23-13-12-14-24(21-23)28(29,30)31/h12-18,20-21H,3-11,19H2,1-2H3. The zero-order valence-electron chi connectivity index (χ0n) is 20.1. The second-order valence-corrected chi connectivity index (χ2v) is 8.25. The number of rotatable bonds is 14. The van der Waals surface area contributed by atoms with Gasteiger partial charge < -0.3 is 9.47 Å². The predicted octanol–water partition coefficient (Wildman–Crippen LogP) is 8.33. The number of esters is 1. The zero-order valence-corrected chi connectivity index (χ0v) is 20.1. The summed E-state index contributed by atoms with van der Waals surface area (Å²) in [6.07, 6.45) is 6.88. The molecular weight excluding hydrogens is 441 g/mol. The molecule has 186 valence electrons. The summed E-state index contributed by atoms with van der Waals surface area (Å²) >= 11 is 0. The van der Waals surface area contributed by atoms with Crippen molar-refractivity contribution in [3.05, 3.63) is 65.2 Å². The molecule has 0 heterocycles. The van der Waals surface area contributed by atoms with E-state index < -0.39 is 17.7 Å². The third-order valence-corrected chi connectivity index (χ3v) is 5.45. The fourth-order valence-corrected chi connectivity index (χ4v) is 3.58. The first-order valence-electron chi connectivity index (χ1n) is 12.1. The van der Waals surface area contributed by atoms with E-state index in [-0.39, 0.29) is 17.7 Å². The molecule has 0 aliphatic carbocycles. The minimum Gasteiger partial charge on any atom is -0.494 e. The third-order valence-electron chi connectivity index (χ3n) is 5.45. The molecule has 0 bridgehead atoms. The lowest BCUT2D eigenvalue weighted by atomic mass is 10.0. The predicted molar refractivity (Wildman–Crippen MR) is 130 cm³/mol. The molecule has 0 atom stereocenters. The van der Waals surface area contributed by atoms with Gasteiger partial charge in [-0.2, -0.15) is 13.2 Å². The molecule has 0 amide bonds. The molecule has 0 spiro atoms. The molecule has 2 aromatic rings. The average Bonchev–Trinajstić information content (AvgIpc) is 2.82. The van der Waals surface area contributed by atoms with Gasteiger partial charge in [-0.25, -0.2) is 4.79 Å². The Kier molecular flexibility index (Phi) is 11.7. The Bertz CT molecular complexity index is 902. The number of unbranched alkanes of at least 4 members (excludes halogenated alkanes) is 7. The number of ether oxygens (including phenoxy) is 2.